The molecule has 5 aromatic rings. The molecule has 0 spiro atoms. The number of imidazole rings is 1. The van der Waals surface area contributed by atoms with Crippen LogP contribution in [0.3, 0.4) is 0 Å². The van der Waals surface area contributed by atoms with Crippen LogP contribution in [0.15, 0.2) is 66.9 Å². The SMILES string of the molecule is COc1ccc(-c2[nH]c(C)c(C(=O)Nc3cccc(-c4cnn(C)n4)c3)[n+]2[O-])cc1-c1c(C)cccc1C. The summed E-state index contributed by atoms with van der Waals surface area (Å²) in [5.74, 6) is 0.462. The first-order valence-corrected chi connectivity index (χ1v) is 12.1. The molecule has 0 atom stereocenters. The number of carbonyl (C=O) groups excluding carboxylic acids is 1. The van der Waals surface area contributed by atoms with Crippen molar-refractivity contribution in [3.8, 4) is 39.5 Å². The first-order valence-electron chi connectivity index (χ1n) is 12.1. The molecular formula is C29H28N6O3. The molecule has 2 heterocycles. The van der Waals surface area contributed by atoms with Gasteiger partial charge in [0.05, 0.1) is 18.9 Å². The van der Waals surface area contributed by atoms with E-state index in [1.165, 1.54) is 4.80 Å². The van der Waals surface area contributed by atoms with E-state index < -0.39 is 5.91 Å². The van der Waals surface area contributed by atoms with E-state index in [-0.39, 0.29) is 11.5 Å². The second kappa shape index (κ2) is 9.85. The monoisotopic (exact) mass is 508 g/mol. The minimum Gasteiger partial charge on any atom is -0.710 e. The predicted octanol–water partition coefficient (Wildman–Crippen LogP) is 4.96. The number of aromatic nitrogens is 5. The third-order valence-electron chi connectivity index (χ3n) is 6.52. The average Bonchev–Trinajstić information content (AvgIpc) is 3.46. The maximum Gasteiger partial charge on any atom is 0.300 e. The van der Waals surface area contributed by atoms with Gasteiger partial charge in [0, 0.05) is 30.8 Å². The molecule has 2 N–H and O–H groups in total. The fraction of sp³-hybridized carbons (Fsp3) is 0.172. The van der Waals surface area contributed by atoms with Gasteiger partial charge in [0.15, 0.2) is 5.69 Å². The van der Waals surface area contributed by atoms with Gasteiger partial charge in [-0.15, -0.1) is 0 Å². The van der Waals surface area contributed by atoms with Gasteiger partial charge in [-0.05, 0) is 60.9 Å². The number of amides is 1. The second-order valence-corrected chi connectivity index (χ2v) is 9.18. The highest BCUT2D eigenvalue weighted by atomic mass is 16.5. The Morgan fingerprint density at radius 2 is 1.76 bits per heavy atom. The van der Waals surface area contributed by atoms with Crippen LogP contribution in [-0.2, 0) is 7.05 Å². The van der Waals surface area contributed by atoms with Crippen LogP contribution >= 0.6 is 0 Å². The number of ether oxygens (including phenoxy) is 1. The first kappa shape index (κ1) is 24.8. The van der Waals surface area contributed by atoms with Crippen LogP contribution in [0.4, 0.5) is 5.69 Å². The fourth-order valence-electron chi connectivity index (χ4n) is 4.72. The summed E-state index contributed by atoms with van der Waals surface area (Å²) in [5, 5.41) is 24.7. The zero-order chi connectivity index (χ0) is 27.0. The van der Waals surface area contributed by atoms with Gasteiger partial charge in [0.2, 0.25) is 5.69 Å². The summed E-state index contributed by atoms with van der Waals surface area (Å²) >= 11 is 0. The van der Waals surface area contributed by atoms with Crippen molar-refractivity contribution in [3.63, 3.8) is 0 Å². The number of nitrogens with zero attached hydrogens (tertiary/aromatic N) is 4. The molecule has 0 unspecified atom stereocenters. The third-order valence-corrected chi connectivity index (χ3v) is 6.52. The highest BCUT2D eigenvalue weighted by Gasteiger charge is 2.26. The van der Waals surface area contributed by atoms with Crippen molar-refractivity contribution in [2.75, 3.05) is 12.4 Å². The standard InChI is InChI=1S/C29H28N6O3/c1-17-8-6-9-18(2)26(17)23-15-21(12-13-25(23)38-5)28-31-19(3)27(35(28)37)29(36)32-22-11-7-10-20(14-22)24-16-30-34(4)33-24/h6-16,31H,1-5H3,(H,32,36). The van der Waals surface area contributed by atoms with E-state index in [1.807, 2.05) is 62.4 Å². The summed E-state index contributed by atoms with van der Waals surface area (Å²) in [6.07, 6.45) is 1.65. The quantitative estimate of drug-likeness (QED) is 0.249. The molecule has 9 nitrogen and oxygen atoms in total. The number of benzene rings is 3. The third kappa shape index (κ3) is 4.50. The lowest BCUT2D eigenvalue weighted by atomic mass is 9.93. The summed E-state index contributed by atoms with van der Waals surface area (Å²) < 4.78 is 6.28. The van der Waals surface area contributed by atoms with E-state index in [2.05, 4.69) is 20.5 Å². The van der Waals surface area contributed by atoms with Crippen molar-refractivity contribution in [1.29, 1.82) is 0 Å². The molecule has 9 heteroatoms. The predicted molar refractivity (Wildman–Crippen MR) is 146 cm³/mol. The van der Waals surface area contributed by atoms with Crippen LogP contribution in [-0.4, -0.2) is 33.0 Å². The van der Waals surface area contributed by atoms with Gasteiger partial charge in [-0.3, -0.25) is 4.79 Å². The van der Waals surface area contributed by atoms with Crippen LogP contribution < -0.4 is 14.8 Å². The number of methoxy groups -OCH3 is 1. The summed E-state index contributed by atoms with van der Waals surface area (Å²) in [7, 11) is 3.36. The number of aryl methyl sites for hydroxylation is 4. The number of nitrogens with one attached hydrogen (secondary N) is 2. The normalized spacial score (nSPS) is 11.0. The summed E-state index contributed by atoms with van der Waals surface area (Å²) in [6, 6.07) is 18.9. The van der Waals surface area contributed by atoms with E-state index in [4.69, 9.17) is 4.74 Å². The lowest BCUT2D eigenvalue weighted by Gasteiger charge is -2.15. The lowest BCUT2D eigenvalue weighted by molar-refractivity contribution is -0.594. The molecule has 38 heavy (non-hydrogen) atoms. The van der Waals surface area contributed by atoms with Crippen molar-refractivity contribution in [3.05, 3.63) is 94.6 Å². The fourth-order valence-corrected chi connectivity index (χ4v) is 4.72. The minimum absolute atomic E-state index is 0.00524. The summed E-state index contributed by atoms with van der Waals surface area (Å²) in [6.45, 7) is 5.80. The molecule has 5 rings (SSSR count). The molecule has 0 bridgehead atoms. The van der Waals surface area contributed by atoms with Gasteiger partial charge < -0.3 is 15.3 Å². The van der Waals surface area contributed by atoms with E-state index in [1.54, 1.807) is 39.4 Å². The van der Waals surface area contributed by atoms with Gasteiger partial charge in [-0.25, -0.2) is 9.71 Å². The molecule has 0 aliphatic rings. The van der Waals surface area contributed by atoms with Crippen LogP contribution in [0.25, 0.3) is 33.8 Å². The zero-order valence-electron chi connectivity index (χ0n) is 21.9. The van der Waals surface area contributed by atoms with E-state index in [0.29, 0.717) is 33.1 Å². The van der Waals surface area contributed by atoms with E-state index >= 15 is 0 Å². The van der Waals surface area contributed by atoms with Crippen molar-refractivity contribution < 1.29 is 14.3 Å². The molecule has 0 aliphatic carbocycles. The number of carbonyl (C=O) groups is 1. The molecule has 0 saturated heterocycles. The highest BCUT2D eigenvalue weighted by Crippen LogP contribution is 2.37. The molecule has 0 fully saturated rings. The van der Waals surface area contributed by atoms with Gasteiger partial charge in [0.25, 0.3) is 11.7 Å². The van der Waals surface area contributed by atoms with Crippen molar-refractivity contribution in [2.24, 2.45) is 7.05 Å². The van der Waals surface area contributed by atoms with Crippen LogP contribution in [0.5, 0.6) is 5.75 Å². The van der Waals surface area contributed by atoms with Gasteiger partial charge in [-0.2, -0.15) is 15.0 Å². The molecular weight excluding hydrogens is 480 g/mol. The Balaban J connectivity index is 1.49. The number of hydrogen-bond acceptors (Lipinski definition) is 5. The molecule has 0 aliphatic heterocycles. The highest BCUT2D eigenvalue weighted by molar-refractivity contribution is 6.03. The van der Waals surface area contributed by atoms with Crippen LogP contribution in [0.1, 0.15) is 27.3 Å². The number of anilines is 1. The smallest absolute Gasteiger partial charge is 0.300 e. The number of H-pyrrole nitrogens is 1. The summed E-state index contributed by atoms with van der Waals surface area (Å²) in [4.78, 5) is 17.8. The molecule has 0 radical (unpaired) electrons. The Morgan fingerprint density at radius 1 is 1.03 bits per heavy atom. The van der Waals surface area contributed by atoms with E-state index in [9.17, 15) is 10.0 Å². The van der Waals surface area contributed by atoms with E-state index in [0.717, 1.165) is 27.8 Å². The maximum absolute atomic E-state index is 13.4. The van der Waals surface area contributed by atoms with Gasteiger partial charge >= 0.3 is 0 Å². The number of hydrogen-bond donors (Lipinski definition) is 2. The molecule has 2 aromatic heterocycles. The topological polar surface area (TPSA) is 112 Å². The summed E-state index contributed by atoms with van der Waals surface area (Å²) in [5.41, 5.74) is 7.25. The van der Waals surface area contributed by atoms with Crippen LogP contribution in [0, 0.1) is 26.0 Å². The zero-order valence-corrected chi connectivity index (χ0v) is 21.9. The minimum atomic E-state index is -0.514. The Morgan fingerprint density at radius 3 is 2.45 bits per heavy atom. The average molecular weight is 509 g/mol. The van der Waals surface area contributed by atoms with Gasteiger partial charge in [-0.1, -0.05) is 30.3 Å². The van der Waals surface area contributed by atoms with Crippen molar-refractivity contribution in [2.45, 2.75) is 20.8 Å². The van der Waals surface area contributed by atoms with Crippen molar-refractivity contribution >= 4 is 11.6 Å². The Hall–Kier alpha value is -4.92. The largest absolute Gasteiger partial charge is 0.710 e. The maximum atomic E-state index is 13.4. The van der Waals surface area contributed by atoms with Crippen molar-refractivity contribution in [1.82, 2.24) is 20.0 Å². The first-order chi connectivity index (χ1) is 18.3. The molecule has 3 aromatic carbocycles. The Labute approximate surface area is 220 Å². The Bertz CT molecular complexity index is 1650. The molecule has 1 amide bonds. The Kier molecular flexibility index (Phi) is 6.42. The number of rotatable bonds is 6. The van der Waals surface area contributed by atoms with Gasteiger partial charge in [0.1, 0.15) is 11.4 Å². The number of aromatic amines is 1. The lowest BCUT2D eigenvalue weighted by Crippen LogP contribution is -2.36. The second-order valence-electron chi connectivity index (χ2n) is 9.18. The molecule has 192 valence electrons. The van der Waals surface area contributed by atoms with Crippen LogP contribution in [0.2, 0.25) is 0 Å². The molecule has 0 saturated carbocycles.